The number of ether oxygens (including phenoxy) is 1. The average Bonchev–Trinajstić information content (AvgIpc) is 2.67. The maximum Gasteiger partial charge on any atom is 0.319 e. The summed E-state index contributed by atoms with van der Waals surface area (Å²) >= 11 is 0. The zero-order valence-corrected chi connectivity index (χ0v) is 16.5. The fourth-order valence-corrected chi connectivity index (χ4v) is 3.17. The fourth-order valence-electron chi connectivity index (χ4n) is 3.17. The lowest BCUT2D eigenvalue weighted by molar-refractivity contribution is 0.252. The van der Waals surface area contributed by atoms with Gasteiger partial charge in [0, 0.05) is 23.6 Å². The third-order valence-corrected chi connectivity index (χ3v) is 4.52. The molecule has 28 heavy (non-hydrogen) atoms. The molecule has 146 valence electrons. The molecule has 2 amide bonds. The molecule has 2 N–H and O–H groups in total. The van der Waals surface area contributed by atoms with Crippen molar-refractivity contribution in [3.8, 4) is 17.0 Å². The summed E-state index contributed by atoms with van der Waals surface area (Å²) in [5, 5.41) is 5.97. The van der Waals surface area contributed by atoms with E-state index >= 15 is 0 Å². The first-order chi connectivity index (χ1) is 13.4. The van der Waals surface area contributed by atoms with Crippen LogP contribution in [0.2, 0.25) is 0 Å². The minimum atomic E-state index is -0.530. The highest BCUT2D eigenvalue weighted by Crippen LogP contribution is 2.35. The van der Waals surface area contributed by atoms with Crippen molar-refractivity contribution in [3.05, 3.63) is 53.8 Å². The van der Waals surface area contributed by atoms with Crippen molar-refractivity contribution < 1.29 is 13.9 Å². The van der Waals surface area contributed by atoms with Crippen molar-refractivity contribution in [2.24, 2.45) is 0 Å². The zero-order chi connectivity index (χ0) is 20.3. The second kappa shape index (κ2) is 8.25. The van der Waals surface area contributed by atoms with Gasteiger partial charge in [-0.25, -0.2) is 14.2 Å². The van der Waals surface area contributed by atoms with Crippen LogP contribution in [0.15, 0.2) is 42.5 Å². The lowest BCUT2D eigenvalue weighted by atomic mass is 9.95. The number of hydrogen-bond donors (Lipinski definition) is 2. The number of aromatic nitrogens is 1. The topological polar surface area (TPSA) is 63.2 Å². The summed E-state index contributed by atoms with van der Waals surface area (Å²) in [6.45, 7) is 6.40. The maximum atomic E-state index is 14.6. The summed E-state index contributed by atoms with van der Waals surface area (Å²) in [5.74, 6) is 0.360. The summed E-state index contributed by atoms with van der Waals surface area (Å²) in [6.07, 6.45) is 0. The van der Waals surface area contributed by atoms with Crippen molar-refractivity contribution in [2.45, 2.75) is 26.7 Å². The van der Waals surface area contributed by atoms with Gasteiger partial charge in [0.15, 0.2) is 0 Å². The van der Waals surface area contributed by atoms with Gasteiger partial charge in [-0.1, -0.05) is 26.0 Å². The van der Waals surface area contributed by atoms with Crippen LogP contribution >= 0.6 is 0 Å². The molecule has 0 aliphatic carbocycles. The van der Waals surface area contributed by atoms with Gasteiger partial charge in [-0.2, -0.15) is 0 Å². The number of pyridine rings is 1. The Hall–Kier alpha value is -3.15. The highest BCUT2D eigenvalue weighted by atomic mass is 19.1. The SMILES string of the molecule is CCNC(=O)Nc1cc2c(C(C)C)cc(-c3ccccc3OC)nc2cc1F. The predicted octanol–water partition coefficient (Wildman–Crippen LogP) is 5.31. The largest absolute Gasteiger partial charge is 0.496 e. The van der Waals surface area contributed by atoms with Crippen LogP contribution in [0, 0.1) is 5.82 Å². The van der Waals surface area contributed by atoms with E-state index in [1.54, 1.807) is 20.1 Å². The molecule has 6 heteroatoms. The molecule has 0 atom stereocenters. The van der Waals surface area contributed by atoms with E-state index in [0.717, 1.165) is 22.2 Å². The van der Waals surface area contributed by atoms with Crippen LogP contribution in [0.1, 0.15) is 32.3 Å². The van der Waals surface area contributed by atoms with E-state index in [-0.39, 0.29) is 11.6 Å². The molecule has 5 nitrogen and oxygen atoms in total. The summed E-state index contributed by atoms with van der Waals surface area (Å²) < 4.78 is 20.1. The third-order valence-electron chi connectivity index (χ3n) is 4.52. The number of fused-ring (bicyclic) bond motifs is 1. The Labute approximate surface area is 163 Å². The number of carbonyl (C=O) groups is 1. The van der Waals surface area contributed by atoms with Gasteiger partial charge in [0.1, 0.15) is 11.6 Å². The molecule has 3 rings (SSSR count). The van der Waals surface area contributed by atoms with E-state index in [1.165, 1.54) is 6.07 Å². The van der Waals surface area contributed by atoms with E-state index in [4.69, 9.17) is 4.74 Å². The zero-order valence-electron chi connectivity index (χ0n) is 16.5. The normalized spacial score (nSPS) is 10.9. The minimum absolute atomic E-state index is 0.132. The Morgan fingerprint density at radius 1 is 1.21 bits per heavy atom. The van der Waals surface area contributed by atoms with E-state index in [0.29, 0.717) is 17.8 Å². The quantitative estimate of drug-likeness (QED) is 0.629. The number of methoxy groups -OCH3 is 1. The molecule has 0 aliphatic heterocycles. The van der Waals surface area contributed by atoms with Crippen molar-refractivity contribution in [1.82, 2.24) is 10.3 Å². The monoisotopic (exact) mass is 381 g/mol. The summed E-state index contributed by atoms with van der Waals surface area (Å²) in [4.78, 5) is 16.5. The molecule has 0 bridgehead atoms. The first-order valence-corrected chi connectivity index (χ1v) is 9.27. The first-order valence-electron chi connectivity index (χ1n) is 9.27. The third kappa shape index (κ3) is 3.91. The van der Waals surface area contributed by atoms with E-state index in [9.17, 15) is 9.18 Å². The number of anilines is 1. The molecule has 1 aromatic heterocycles. The second-order valence-corrected chi connectivity index (χ2v) is 6.79. The van der Waals surface area contributed by atoms with Crippen molar-refractivity contribution in [1.29, 1.82) is 0 Å². The standard InChI is InChI=1S/C22H24FN3O2/c1-5-24-22(27)26-20-11-16-15(13(2)3)10-18(25-19(16)12-17(20)23)14-8-6-7-9-21(14)28-4/h6-13H,5H2,1-4H3,(H2,24,26,27). The minimum Gasteiger partial charge on any atom is -0.496 e. The van der Waals surface area contributed by atoms with E-state index < -0.39 is 11.8 Å². The van der Waals surface area contributed by atoms with E-state index in [2.05, 4.69) is 29.5 Å². The molecule has 1 heterocycles. The molecular formula is C22H24FN3O2. The molecule has 0 saturated carbocycles. The number of para-hydroxylation sites is 1. The average molecular weight is 381 g/mol. The Morgan fingerprint density at radius 3 is 2.64 bits per heavy atom. The van der Waals surface area contributed by atoms with Crippen LogP contribution in [0.25, 0.3) is 22.2 Å². The number of nitrogens with zero attached hydrogens (tertiary/aromatic N) is 1. The Balaban J connectivity index is 2.18. The van der Waals surface area contributed by atoms with Crippen LogP contribution in [-0.2, 0) is 0 Å². The van der Waals surface area contributed by atoms with Crippen LogP contribution in [0.5, 0.6) is 5.75 Å². The van der Waals surface area contributed by atoms with Gasteiger partial charge in [0.2, 0.25) is 0 Å². The van der Waals surface area contributed by atoms with Gasteiger partial charge in [0.25, 0.3) is 0 Å². The molecule has 3 aromatic rings. The first kappa shape index (κ1) is 19.6. The van der Waals surface area contributed by atoms with Gasteiger partial charge in [0.05, 0.1) is 24.0 Å². The number of halogens is 1. The maximum absolute atomic E-state index is 14.6. The highest BCUT2D eigenvalue weighted by Gasteiger charge is 2.16. The summed E-state index contributed by atoms with van der Waals surface area (Å²) in [5.41, 5.74) is 3.25. The highest BCUT2D eigenvalue weighted by molar-refractivity contribution is 5.94. The molecule has 0 fully saturated rings. The Kier molecular flexibility index (Phi) is 5.78. The number of amides is 2. The number of nitrogens with one attached hydrogen (secondary N) is 2. The number of carbonyl (C=O) groups excluding carboxylic acids is 1. The van der Waals surface area contributed by atoms with E-state index in [1.807, 2.05) is 30.3 Å². The number of hydrogen-bond acceptors (Lipinski definition) is 3. The number of rotatable bonds is 5. The molecule has 0 saturated heterocycles. The van der Waals surface area contributed by atoms with Gasteiger partial charge >= 0.3 is 6.03 Å². The molecule has 0 spiro atoms. The Bertz CT molecular complexity index is 1020. The van der Waals surface area contributed by atoms with Gasteiger partial charge in [-0.3, -0.25) is 0 Å². The Morgan fingerprint density at radius 2 is 1.96 bits per heavy atom. The van der Waals surface area contributed by atoms with Gasteiger partial charge in [-0.15, -0.1) is 0 Å². The molecule has 0 aliphatic rings. The van der Waals surface area contributed by atoms with Gasteiger partial charge < -0.3 is 15.4 Å². The molecular weight excluding hydrogens is 357 g/mol. The number of urea groups is 1. The summed E-state index contributed by atoms with van der Waals surface area (Å²) in [7, 11) is 1.61. The molecule has 0 radical (unpaired) electrons. The predicted molar refractivity (Wildman–Crippen MR) is 110 cm³/mol. The molecule has 2 aromatic carbocycles. The lowest BCUT2D eigenvalue weighted by Gasteiger charge is -2.16. The van der Waals surface area contributed by atoms with Crippen LogP contribution in [0.4, 0.5) is 14.9 Å². The van der Waals surface area contributed by atoms with Crippen LogP contribution in [-0.4, -0.2) is 24.7 Å². The van der Waals surface area contributed by atoms with Crippen LogP contribution in [0.3, 0.4) is 0 Å². The van der Waals surface area contributed by atoms with Gasteiger partial charge in [-0.05, 0) is 42.7 Å². The fraction of sp³-hybridized carbons (Fsp3) is 0.273. The lowest BCUT2D eigenvalue weighted by Crippen LogP contribution is -2.28. The summed E-state index contributed by atoms with van der Waals surface area (Å²) in [6, 6.07) is 12.2. The number of benzene rings is 2. The second-order valence-electron chi connectivity index (χ2n) is 6.79. The van der Waals surface area contributed by atoms with Crippen molar-refractivity contribution in [3.63, 3.8) is 0 Å². The van der Waals surface area contributed by atoms with Crippen molar-refractivity contribution in [2.75, 3.05) is 19.0 Å². The van der Waals surface area contributed by atoms with Crippen LogP contribution < -0.4 is 15.4 Å². The van der Waals surface area contributed by atoms with Crippen molar-refractivity contribution >= 4 is 22.6 Å². The molecule has 0 unspecified atom stereocenters. The smallest absolute Gasteiger partial charge is 0.319 e.